The van der Waals surface area contributed by atoms with E-state index in [1.54, 1.807) is 24.3 Å². The van der Waals surface area contributed by atoms with E-state index in [9.17, 15) is 19.2 Å². The highest BCUT2D eigenvalue weighted by Crippen LogP contribution is 2.13. The summed E-state index contributed by atoms with van der Waals surface area (Å²) < 4.78 is 0. The molecule has 0 bridgehead atoms. The molecule has 1 N–H and O–H groups in total. The van der Waals surface area contributed by atoms with Gasteiger partial charge in [0.15, 0.2) is 5.78 Å². The van der Waals surface area contributed by atoms with Crippen LogP contribution in [0, 0.1) is 0 Å². The summed E-state index contributed by atoms with van der Waals surface area (Å²) in [6.45, 7) is 2.25. The Morgan fingerprint density at radius 3 is 2.32 bits per heavy atom. The lowest BCUT2D eigenvalue weighted by molar-refractivity contribution is -0.157. The fraction of sp³-hybridized carbons (Fsp3) is 0.238. The Balaban J connectivity index is 1.57. The zero-order valence-corrected chi connectivity index (χ0v) is 15.6. The van der Waals surface area contributed by atoms with Crippen molar-refractivity contribution in [1.82, 2.24) is 9.80 Å². The van der Waals surface area contributed by atoms with Gasteiger partial charge >= 0.3 is 11.8 Å². The van der Waals surface area contributed by atoms with Gasteiger partial charge in [0, 0.05) is 30.9 Å². The molecule has 144 valence electrons. The van der Waals surface area contributed by atoms with Gasteiger partial charge in [-0.05, 0) is 24.6 Å². The van der Waals surface area contributed by atoms with Crippen LogP contribution in [0.25, 0.3) is 0 Å². The second-order valence-corrected chi connectivity index (χ2v) is 6.62. The van der Waals surface area contributed by atoms with Crippen LogP contribution in [-0.2, 0) is 20.9 Å². The maximum Gasteiger partial charge on any atom is 0.312 e. The number of ketones is 1. The van der Waals surface area contributed by atoms with E-state index in [2.05, 4.69) is 5.32 Å². The Hall–Kier alpha value is -3.48. The Kier molecular flexibility index (Phi) is 5.84. The first-order valence-corrected chi connectivity index (χ1v) is 8.97. The van der Waals surface area contributed by atoms with E-state index in [1.165, 1.54) is 16.7 Å². The largest absolute Gasteiger partial charge is 0.328 e. The summed E-state index contributed by atoms with van der Waals surface area (Å²) >= 11 is 0. The van der Waals surface area contributed by atoms with Gasteiger partial charge in [-0.3, -0.25) is 19.2 Å². The zero-order chi connectivity index (χ0) is 20.1. The van der Waals surface area contributed by atoms with E-state index in [4.69, 9.17) is 0 Å². The summed E-state index contributed by atoms with van der Waals surface area (Å²) in [6.07, 6.45) is 0. The molecule has 1 heterocycles. The summed E-state index contributed by atoms with van der Waals surface area (Å²) in [4.78, 5) is 51.2. The highest BCUT2D eigenvalue weighted by atomic mass is 16.2. The summed E-state index contributed by atoms with van der Waals surface area (Å²) in [5, 5.41) is 2.66. The standard InChI is InChI=1S/C21H21N3O4/c1-15(25)17-8-5-9-18(12-17)22-19(26)14-24-11-10-23(20(27)21(24)28)13-16-6-3-2-4-7-16/h2-9,12H,10-11,13-14H2,1H3,(H,22,26). The van der Waals surface area contributed by atoms with Crippen molar-refractivity contribution in [3.05, 3.63) is 65.7 Å². The Morgan fingerprint density at radius 1 is 0.929 bits per heavy atom. The minimum absolute atomic E-state index is 0.105. The van der Waals surface area contributed by atoms with Gasteiger partial charge in [0.25, 0.3) is 0 Å². The van der Waals surface area contributed by atoms with E-state index < -0.39 is 17.7 Å². The van der Waals surface area contributed by atoms with Crippen molar-refractivity contribution in [3.63, 3.8) is 0 Å². The molecule has 3 rings (SSSR count). The summed E-state index contributed by atoms with van der Waals surface area (Å²) in [7, 11) is 0. The van der Waals surface area contributed by atoms with E-state index in [-0.39, 0.29) is 18.9 Å². The molecule has 0 saturated carbocycles. The summed E-state index contributed by atoms with van der Waals surface area (Å²) in [5.41, 5.74) is 1.90. The average Bonchev–Trinajstić information content (AvgIpc) is 2.68. The first-order chi connectivity index (χ1) is 13.4. The van der Waals surface area contributed by atoms with Crippen LogP contribution in [0.3, 0.4) is 0 Å². The second-order valence-electron chi connectivity index (χ2n) is 6.62. The summed E-state index contributed by atoms with van der Waals surface area (Å²) in [5.74, 6) is -1.82. The van der Waals surface area contributed by atoms with Crippen LogP contribution in [0.1, 0.15) is 22.8 Å². The predicted molar refractivity (Wildman–Crippen MR) is 104 cm³/mol. The van der Waals surface area contributed by atoms with Crippen molar-refractivity contribution in [2.24, 2.45) is 0 Å². The number of carbonyl (C=O) groups is 4. The number of carbonyl (C=O) groups excluding carboxylic acids is 4. The van der Waals surface area contributed by atoms with Gasteiger partial charge < -0.3 is 15.1 Å². The Bertz CT molecular complexity index is 911. The highest BCUT2D eigenvalue weighted by Gasteiger charge is 2.33. The third-order valence-electron chi connectivity index (χ3n) is 4.50. The quantitative estimate of drug-likeness (QED) is 0.611. The molecule has 7 heteroatoms. The van der Waals surface area contributed by atoms with Gasteiger partial charge in [-0.25, -0.2) is 0 Å². The van der Waals surface area contributed by atoms with Crippen LogP contribution >= 0.6 is 0 Å². The molecule has 28 heavy (non-hydrogen) atoms. The molecule has 2 aromatic carbocycles. The van der Waals surface area contributed by atoms with E-state index >= 15 is 0 Å². The maximum absolute atomic E-state index is 12.4. The fourth-order valence-electron chi connectivity index (χ4n) is 3.01. The van der Waals surface area contributed by atoms with Gasteiger partial charge in [0.05, 0.1) is 0 Å². The molecule has 0 atom stereocenters. The predicted octanol–water partition coefficient (Wildman–Crippen LogP) is 1.70. The third-order valence-corrected chi connectivity index (χ3v) is 4.50. The van der Waals surface area contributed by atoms with E-state index in [1.807, 2.05) is 30.3 Å². The molecule has 3 amide bonds. The van der Waals surface area contributed by atoms with Crippen molar-refractivity contribution in [2.45, 2.75) is 13.5 Å². The van der Waals surface area contributed by atoms with Crippen molar-refractivity contribution in [3.8, 4) is 0 Å². The molecule has 1 saturated heterocycles. The number of nitrogens with one attached hydrogen (secondary N) is 1. The molecule has 1 aliphatic heterocycles. The van der Waals surface area contributed by atoms with Crippen LogP contribution in [0.5, 0.6) is 0 Å². The number of hydrogen-bond acceptors (Lipinski definition) is 4. The number of Topliss-reactive ketones (excluding diaryl/α,β-unsaturated/α-hetero) is 1. The number of amides is 3. The van der Waals surface area contributed by atoms with Crippen molar-refractivity contribution in [1.29, 1.82) is 0 Å². The van der Waals surface area contributed by atoms with Gasteiger partial charge in [-0.1, -0.05) is 42.5 Å². The molecular formula is C21H21N3O4. The van der Waals surface area contributed by atoms with Crippen LogP contribution in [0.15, 0.2) is 54.6 Å². The number of hydrogen-bond donors (Lipinski definition) is 1. The molecule has 0 aromatic heterocycles. The number of anilines is 1. The third kappa shape index (κ3) is 4.62. The first-order valence-electron chi connectivity index (χ1n) is 8.97. The monoisotopic (exact) mass is 379 g/mol. The van der Waals surface area contributed by atoms with Crippen molar-refractivity contribution in [2.75, 3.05) is 25.0 Å². The van der Waals surface area contributed by atoms with Gasteiger partial charge in [-0.15, -0.1) is 0 Å². The average molecular weight is 379 g/mol. The number of piperazine rings is 1. The van der Waals surface area contributed by atoms with E-state index in [0.717, 1.165) is 5.56 Å². The second kappa shape index (κ2) is 8.47. The molecule has 1 aliphatic rings. The first kappa shape index (κ1) is 19.3. The molecule has 1 fully saturated rings. The van der Waals surface area contributed by atoms with Crippen molar-refractivity contribution < 1.29 is 19.2 Å². The molecular weight excluding hydrogens is 358 g/mol. The van der Waals surface area contributed by atoms with Crippen molar-refractivity contribution >= 4 is 29.2 Å². The van der Waals surface area contributed by atoms with Crippen LogP contribution in [0.4, 0.5) is 5.69 Å². The minimum atomic E-state index is -0.685. The molecule has 2 aromatic rings. The van der Waals surface area contributed by atoms with Gasteiger partial charge in [0.2, 0.25) is 5.91 Å². The highest BCUT2D eigenvalue weighted by molar-refractivity contribution is 6.35. The molecule has 0 spiro atoms. The lowest BCUT2D eigenvalue weighted by Gasteiger charge is -2.33. The summed E-state index contributed by atoms with van der Waals surface area (Å²) in [6, 6.07) is 16.0. The molecule has 0 unspecified atom stereocenters. The Morgan fingerprint density at radius 2 is 1.61 bits per heavy atom. The minimum Gasteiger partial charge on any atom is -0.328 e. The number of benzene rings is 2. The molecule has 0 aliphatic carbocycles. The molecule has 0 radical (unpaired) electrons. The smallest absolute Gasteiger partial charge is 0.312 e. The fourth-order valence-corrected chi connectivity index (χ4v) is 3.01. The lowest BCUT2D eigenvalue weighted by Crippen LogP contribution is -2.55. The number of nitrogens with zero attached hydrogens (tertiary/aromatic N) is 2. The van der Waals surface area contributed by atoms with E-state index in [0.29, 0.717) is 24.3 Å². The van der Waals surface area contributed by atoms with Gasteiger partial charge in [0.1, 0.15) is 6.54 Å². The van der Waals surface area contributed by atoms with Crippen LogP contribution in [0.2, 0.25) is 0 Å². The van der Waals surface area contributed by atoms with Gasteiger partial charge in [-0.2, -0.15) is 0 Å². The van der Waals surface area contributed by atoms with Crippen LogP contribution < -0.4 is 5.32 Å². The Labute approximate surface area is 162 Å². The zero-order valence-electron chi connectivity index (χ0n) is 15.6. The topological polar surface area (TPSA) is 86.8 Å². The molecule has 7 nitrogen and oxygen atoms in total. The van der Waals surface area contributed by atoms with Crippen LogP contribution in [-0.4, -0.2) is 52.9 Å². The number of rotatable bonds is 6. The SMILES string of the molecule is CC(=O)c1cccc(NC(=O)CN2CCN(Cc3ccccc3)C(=O)C2=O)c1. The normalized spacial score (nSPS) is 14.2. The maximum atomic E-state index is 12.4. The lowest BCUT2D eigenvalue weighted by atomic mass is 10.1.